The van der Waals surface area contributed by atoms with Gasteiger partial charge in [0, 0.05) is 6.04 Å². The third-order valence-corrected chi connectivity index (χ3v) is 3.18. The first-order valence-electron chi connectivity index (χ1n) is 7.64. The number of rotatable bonds is 9. The molecule has 0 aliphatic heterocycles. The molecule has 0 bridgehead atoms. The molecule has 0 heterocycles. The van der Waals surface area contributed by atoms with Gasteiger partial charge >= 0.3 is 0 Å². The first kappa shape index (κ1) is 16.0. The first-order valence-corrected chi connectivity index (χ1v) is 7.64. The Hall–Kier alpha value is -1.02. The lowest BCUT2D eigenvalue weighted by atomic mass is 10.0. The van der Waals surface area contributed by atoms with Gasteiger partial charge in [-0.05, 0) is 57.4 Å². The highest BCUT2D eigenvalue weighted by Crippen LogP contribution is 2.17. The van der Waals surface area contributed by atoms with Gasteiger partial charge in [-0.15, -0.1) is 0 Å². The molecule has 0 fully saturated rings. The molecule has 1 rings (SSSR count). The van der Waals surface area contributed by atoms with Crippen molar-refractivity contribution in [1.29, 1.82) is 0 Å². The van der Waals surface area contributed by atoms with E-state index in [0.717, 1.165) is 18.7 Å². The lowest BCUT2D eigenvalue weighted by Gasteiger charge is -2.17. The van der Waals surface area contributed by atoms with Crippen molar-refractivity contribution in [2.24, 2.45) is 0 Å². The SMILES string of the molecule is CCCC(CCc1cccc(OC(C)C)c1)NCC. The molecule has 1 N–H and O–H groups in total. The van der Waals surface area contributed by atoms with E-state index in [-0.39, 0.29) is 6.10 Å². The van der Waals surface area contributed by atoms with Gasteiger partial charge in [-0.3, -0.25) is 0 Å². The summed E-state index contributed by atoms with van der Waals surface area (Å²) >= 11 is 0. The summed E-state index contributed by atoms with van der Waals surface area (Å²) in [7, 11) is 0. The van der Waals surface area contributed by atoms with E-state index >= 15 is 0 Å². The molecule has 0 aliphatic carbocycles. The van der Waals surface area contributed by atoms with E-state index in [4.69, 9.17) is 4.74 Å². The molecule has 0 spiro atoms. The second-order valence-corrected chi connectivity index (χ2v) is 5.40. The van der Waals surface area contributed by atoms with Crippen LogP contribution in [0.15, 0.2) is 24.3 Å². The van der Waals surface area contributed by atoms with Crippen LogP contribution >= 0.6 is 0 Å². The Labute approximate surface area is 118 Å². The Morgan fingerprint density at radius 3 is 2.58 bits per heavy atom. The predicted molar refractivity (Wildman–Crippen MR) is 82.9 cm³/mol. The highest BCUT2D eigenvalue weighted by Gasteiger charge is 2.07. The Morgan fingerprint density at radius 1 is 1.16 bits per heavy atom. The average molecular weight is 263 g/mol. The fraction of sp³-hybridized carbons (Fsp3) is 0.647. The minimum absolute atomic E-state index is 0.241. The molecule has 2 nitrogen and oxygen atoms in total. The van der Waals surface area contributed by atoms with Crippen LogP contribution in [0.2, 0.25) is 0 Å². The van der Waals surface area contributed by atoms with Crippen molar-refractivity contribution in [3.63, 3.8) is 0 Å². The molecule has 0 amide bonds. The van der Waals surface area contributed by atoms with Gasteiger partial charge in [0.15, 0.2) is 0 Å². The Balaban J connectivity index is 2.51. The largest absolute Gasteiger partial charge is 0.491 e. The summed E-state index contributed by atoms with van der Waals surface area (Å²) in [4.78, 5) is 0. The number of ether oxygens (including phenoxy) is 1. The smallest absolute Gasteiger partial charge is 0.119 e. The molecule has 0 saturated carbocycles. The van der Waals surface area contributed by atoms with Crippen molar-refractivity contribution >= 4 is 0 Å². The first-order chi connectivity index (χ1) is 9.15. The summed E-state index contributed by atoms with van der Waals surface area (Å²) < 4.78 is 5.74. The van der Waals surface area contributed by atoms with Gasteiger partial charge in [0.25, 0.3) is 0 Å². The lowest BCUT2D eigenvalue weighted by Crippen LogP contribution is -2.29. The molecule has 1 atom stereocenters. The van der Waals surface area contributed by atoms with E-state index in [1.165, 1.54) is 24.8 Å². The summed E-state index contributed by atoms with van der Waals surface area (Å²) in [5.41, 5.74) is 1.37. The summed E-state index contributed by atoms with van der Waals surface area (Å²) in [6, 6.07) is 9.15. The topological polar surface area (TPSA) is 21.3 Å². The summed E-state index contributed by atoms with van der Waals surface area (Å²) in [5.74, 6) is 0.989. The van der Waals surface area contributed by atoms with Gasteiger partial charge in [0.2, 0.25) is 0 Å². The number of hydrogen-bond acceptors (Lipinski definition) is 2. The molecular formula is C17H29NO. The van der Waals surface area contributed by atoms with Crippen LogP contribution in [0.3, 0.4) is 0 Å². The molecule has 1 aromatic rings. The minimum atomic E-state index is 0.241. The summed E-state index contributed by atoms with van der Waals surface area (Å²) in [6.07, 6.45) is 5.06. The van der Waals surface area contributed by atoms with Gasteiger partial charge < -0.3 is 10.1 Å². The van der Waals surface area contributed by atoms with E-state index in [2.05, 4.69) is 51.2 Å². The number of nitrogens with one attached hydrogen (secondary N) is 1. The van der Waals surface area contributed by atoms with Crippen molar-refractivity contribution in [2.45, 2.75) is 65.5 Å². The molecule has 0 aromatic heterocycles. The summed E-state index contributed by atoms with van der Waals surface area (Å²) in [5, 5.41) is 3.57. The van der Waals surface area contributed by atoms with Crippen molar-refractivity contribution in [3.05, 3.63) is 29.8 Å². The van der Waals surface area contributed by atoms with Crippen LogP contribution in [0.4, 0.5) is 0 Å². The Kier molecular flexibility index (Phi) is 7.57. The zero-order valence-electron chi connectivity index (χ0n) is 12.9. The predicted octanol–water partition coefficient (Wildman–Crippen LogP) is 4.18. The maximum absolute atomic E-state index is 5.74. The molecule has 0 aliphatic rings. The molecule has 0 saturated heterocycles. The van der Waals surface area contributed by atoms with Crippen LogP contribution in [0.25, 0.3) is 0 Å². The molecular weight excluding hydrogens is 234 g/mol. The molecule has 0 radical (unpaired) electrons. The maximum Gasteiger partial charge on any atom is 0.119 e. The van der Waals surface area contributed by atoms with E-state index in [1.54, 1.807) is 0 Å². The van der Waals surface area contributed by atoms with Crippen LogP contribution in [0.1, 0.15) is 52.5 Å². The van der Waals surface area contributed by atoms with Crippen molar-refractivity contribution < 1.29 is 4.74 Å². The third-order valence-electron chi connectivity index (χ3n) is 3.18. The van der Waals surface area contributed by atoms with Gasteiger partial charge in [-0.25, -0.2) is 0 Å². The van der Waals surface area contributed by atoms with Crippen LogP contribution in [0, 0.1) is 0 Å². The highest BCUT2D eigenvalue weighted by molar-refractivity contribution is 5.28. The third kappa shape index (κ3) is 6.63. The van der Waals surface area contributed by atoms with Gasteiger partial charge in [-0.1, -0.05) is 32.4 Å². The van der Waals surface area contributed by atoms with Gasteiger partial charge in [0.05, 0.1) is 6.10 Å². The maximum atomic E-state index is 5.74. The van der Waals surface area contributed by atoms with Crippen LogP contribution < -0.4 is 10.1 Å². The van der Waals surface area contributed by atoms with E-state index in [0.29, 0.717) is 6.04 Å². The van der Waals surface area contributed by atoms with Crippen LogP contribution in [-0.4, -0.2) is 18.7 Å². The number of hydrogen-bond donors (Lipinski definition) is 1. The van der Waals surface area contributed by atoms with Crippen molar-refractivity contribution in [1.82, 2.24) is 5.32 Å². The van der Waals surface area contributed by atoms with E-state index in [1.807, 2.05) is 6.07 Å². The fourth-order valence-corrected chi connectivity index (χ4v) is 2.37. The zero-order valence-corrected chi connectivity index (χ0v) is 12.9. The van der Waals surface area contributed by atoms with Gasteiger partial charge in [-0.2, -0.15) is 0 Å². The quantitative estimate of drug-likeness (QED) is 0.721. The summed E-state index contributed by atoms with van der Waals surface area (Å²) in [6.45, 7) is 9.62. The number of aryl methyl sites for hydroxylation is 1. The number of benzene rings is 1. The average Bonchev–Trinajstić information content (AvgIpc) is 2.36. The normalized spacial score (nSPS) is 12.7. The lowest BCUT2D eigenvalue weighted by molar-refractivity contribution is 0.242. The molecule has 1 aromatic carbocycles. The van der Waals surface area contributed by atoms with Gasteiger partial charge in [0.1, 0.15) is 5.75 Å². The molecule has 2 heteroatoms. The fourth-order valence-electron chi connectivity index (χ4n) is 2.37. The zero-order chi connectivity index (χ0) is 14.1. The second kappa shape index (κ2) is 8.98. The standard InChI is InChI=1S/C17H29NO/c1-5-8-16(18-6-2)12-11-15-9-7-10-17(13-15)19-14(3)4/h7,9-10,13-14,16,18H,5-6,8,11-12H2,1-4H3. The van der Waals surface area contributed by atoms with E-state index < -0.39 is 0 Å². The monoisotopic (exact) mass is 263 g/mol. The Bertz CT molecular complexity index is 343. The molecule has 19 heavy (non-hydrogen) atoms. The molecule has 108 valence electrons. The van der Waals surface area contributed by atoms with E-state index in [9.17, 15) is 0 Å². The molecule has 1 unspecified atom stereocenters. The van der Waals surface area contributed by atoms with Crippen LogP contribution in [-0.2, 0) is 6.42 Å². The van der Waals surface area contributed by atoms with Crippen LogP contribution in [0.5, 0.6) is 5.75 Å². The van der Waals surface area contributed by atoms with Crippen molar-refractivity contribution in [3.8, 4) is 5.75 Å². The van der Waals surface area contributed by atoms with Crippen molar-refractivity contribution in [2.75, 3.05) is 6.54 Å². The minimum Gasteiger partial charge on any atom is -0.491 e. The second-order valence-electron chi connectivity index (χ2n) is 5.40. The highest BCUT2D eigenvalue weighted by atomic mass is 16.5. The Morgan fingerprint density at radius 2 is 1.95 bits per heavy atom.